The van der Waals surface area contributed by atoms with E-state index in [0.717, 1.165) is 29.9 Å². The lowest BCUT2D eigenvalue weighted by molar-refractivity contribution is -0.116. The highest BCUT2D eigenvalue weighted by Crippen LogP contribution is 2.29. The van der Waals surface area contributed by atoms with Gasteiger partial charge in [-0.25, -0.2) is 0 Å². The molecule has 0 saturated heterocycles. The lowest BCUT2D eigenvalue weighted by Crippen LogP contribution is -2.26. The molecule has 0 fully saturated rings. The fraction of sp³-hybridized carbons (Fsp3) is 0.294. The number of carbonyl (C=O) groups is 1. The highest BCUT2D eigenvalue weighted by atomic mass is 16.2. The van der Waals surface area contributed by atoms with Gasteiger partial charge in [0, 0.05) is 37.2 Å². The number of aromatic nitrogens is 1. The minimum Gasteiger partial charge on any atom is -0.374 e. The van der Waals surface area contributed by atoms with E-state index in [2.05, 4.69) is 10.2 Å². The zero-order chi connectivity index (χ0) is 15.7. The van der Waals surface area contributed by atoms with Gasteiger partial charge in [-0.3, -0.25) is 9.59 Å². The first-order valence-electron chi connectivity index (χ1n) is 7.34. The minimum atomic E-state index is -0.202. The number of hydrogen-bond acceptors (Lipinski definition) is 3. The van der Waals surface area contributed by atoms with Crippen LogP contribution in [0.15, 0.2) is 41.3 Å². The van der Waals surface area contributed by atoms with Crippen LogP contribution in [0.2, 0.25) is 0 Å². The third-order valence-corrected chi connectivity index (χ3v) is 3.96. The number of hydrogen-bond donors (Lipinski definition) is 1. The number of nitrogens with one attached hydrogen (secondary N) is 1. The first kappa shape index (κ1) is 14.4. The number of benzene rings is 1. The molecule has 1 amide bonds. The maximum atomic E-state index is 12.1. The quantitative estimate of drug-likeness (QED) is 0.939. The fourth-order valence-electron chi connectivity index (χ4n) is 2.71. The smallest absolute Gasteiger partial charge is 0.251 e. The highest BCUT2D eigenvalue weighted by Gasteiger charge is 2.16. The van der Waals surface area contributed by atoms with Gasteiger partial charge in [0.1, 0.15) is 6.54 Å². The Kier molecular flexibility index (Phi) is 3.71. The summed E-state index contributed by atoms with van der Waals surface area (Å²) >= 11 is 0. The topological polar surface area (TPSA) is 54.3 Å². The van der Waals surface area contributed by atoms with E-state index in [1.54, 1.807) is 6.20 Å². The van der Waals surface area contributed by atoms with Crippen LogP contribution >= 0.6 is 0 Å². The maximum absolute atomic E-state index is 12.1. The molecule has 2 aromatic rings. The van der Waals surface area contributed by atoms with Gasteiger partial charge in [0.15, 0.2) is 0 Å². The van der Waals surface area contributed by atoms with Crippen molar-refractivity contribution in [1.29, 1.82) is 0 Å². The molecule has 1 aliphatic heterocycles. The van der Waals surface area contributed by atoms with E-state index in [0.29, 0.717) is 0 Å². The second-order valence-corrected chi connectivity index (χ2v) is 5.73. The Morgan fingerprint density at radius 3 is 2.86 bits per heavy atom. The normalized spacial score (nSPS) is 13.1. The van der Waals surface area contributed by atoms with E-state index in [9.17, 15) is 9.59 Å². The lowest BCUT2D eigenvalue weighted by Gasteiger charge is -2.14. The summed E-state index contributed by atoms with van der Waals surface area (Å²) in [5.74, 6) is -0.202. The van der Waals surface area contributed by atoms with Crippen molar-refractivity contribution in [2.24, 2.45) is 0 Å². The van der Waals surface area contributed by atoms with Gasteiger partial charge in [-0.1, -0.05) is 6.07 Å². The largest absolute Gasteiger partial charge is 0.374 e. The minimum absolute atomic E-state index is 0.0199. The first-order chi connectivity index (χ1) is 10.5. The number of amides is 1. The van der Waals surface area contributed by atoms with E-state index in [1.807, 2.05) is 38.2 Å². The van der Waals surface area contributed by atoms with Crippen molar-refractivity contribution in [3.63, 3.8) is 0 Å². The van der Waals surface area contributed by atoms with Gasteiger partial charge in [0.25, 0.3) is 5.56 Å². The molecule has 1 aromatic heterocycles. The monoisotopic (exact) mass is 297 g/mol. The number of pyridine rings is 1. The zero-order valence-electron chi connectivity index (χ0n) is 12.8. The van der Waals surface area contributed by atoms with Crippen molar-refractivity contribution in [3.8, 4) is 0 Å². The van der Waals surface area contributed by atoms with Crippen LogP contribution in [0.25, 0.3) is 0 Å². The van der Waals surface area contributed by atoms with Gasteiger partial charge in [-0.05, 0) is 42.7 Å². The van der Waals surface area contributed by atoms with E-state index in [-0.39, 0.29) is 18.0 Å². The van der Waals surface area contributed by atoms with E-state index < -0.39 is 0 Å². The number of rotatable bonds is 3. The fourth-order valence-corrected chi connectivity index (χ4v) is 2.71. The molecule has 5 heteroatoms. The van der Waals surface area contributed by atoms with Gasteiger partial charge >= 0.3 is 0 Å². The molecule has 1 N–H and O–H groups in total. The van der Waals surface area contributed by atoms with Crippen molar-refractivity contribution >= 4 is 17.3 Å². The summed E-state index contributed by atoms with van der Waals surface area (Å²) in [7, 11) is 2.04. The van der Waals surface area contributed by atoms with E-state index in [1.165, 1.54) is 16.2 Å². The second kappa shape index (κ2) is 5.67. The van der Waals surface area contributed by atoms with Crippen molar-refractivity contribution in [3.05, 3.63) is 58.0 Å². The van der Waals surface area contributed by atoms with E-state index in [4.69, 9.17) is 0 Å². The molecule has 5 nitrogen and oxygen atoms in total. The van der Waals surface area contributed by atoms with Crippen LogP contribution in [0.3, 0.4) is 0 Å². The lowest BCUT2D eigenvalue weighted by atomic mass is 10.1. The molecule has 0 radical (unpaired) electrons. The van der Waals surface area contributed by atoms with Gasteiger partial charge in [0.05, 0.1) is 0 Å². The Morgan fingerprint density at radius 1 is 1.27 bits per heavy atom. The molecule has 114 valence electrons. The molecule has 1 aliphatic rings. The maximum Gasteiger partial charge on any atom is 0.251 e. The highest BCUT2D eigenvalue weighted by molar-refractivity contribution is 5.91. The van der Waals surface area contributed by atoms with Crippen LogP contribution in [-0.4, -0.2) is 24.1 Å². The Balaban J connectivity index is 1.72. The standard InChI is InChI=1S/C17H19N3O2/c1-12-5-8-20(17(22)9-12)11-16(21)18-14-4-3-13-6-7-19(2)15(13)10-14/h3-5,8-10H,6-7,11H2,1-2H3,(H,18,21). The van der Waals surface area contributed by atoms with Gasteiger partial charge in [-0.2, -0.15) is 0 Å². The molecule has 1 aromatic carbocycles. The Labute approximate surface area is 129 Å². The average molecular weight is 297 g/mol. The predicted octanol–water partition coefficient (Wildman–Crippen LogP) is 1.79. The molecule has 0 unspecified atom stereocenters. The van der Waals surface area contributed by atoms with Crippen LogP contribution in [0, 0.1) is 6.92 Å². The summed E-state index contributed by atoms with van der Waals surface area (Å²) in [6, 6.07) is 9.29. The predicted molar refractivity (Wildman–Crippen MR) is 87.5 cm³/mol. The Morgan fingerprint density at radius 2 is 2.09 bits per heavy atom. The number of nitrogens with zero attached hydrogens (tertiary/aromatic N) is 2. The Bertz CT molecular complexity index is 780. The molecule has 0 bridgehead atoms. The molecule has 22 heavy (non-hydrogen) atoms. The summed E-state index contributed by atoms with van der Waals surface area (Å²) in [5.41, 5.74) is 3.95. The molecule has 0 spiro atoms. The molecule has 2 heterocycles. The number of aryl methyl sites for hydroxylation is 1. The van der Waals surface area contributed by atoms with Crippen LogP contribution in [0.4, 0.5) is 11.4 Å². The third-order valence-electron chi connectivity index (χ3n) is 3.96. The summed E-state index contributed by atoms with van der Waals surface area (Å²) in [6.45, 7) is 2.88. The van der Waals surface area contributed by atoms with E-state index >= 15 is 0 Å². The van der Waals surface area contributed by atoms with Gasteiger partial charge < -0.3 is 14.8 Å². The molecule has 0 saturated carbocycles. The zero-order valence-corrected chi connectivity index (χ0v) is 12.8. The number of carbonyl (C=O) groups excluding carboxylic acids is 1. The van der Waals surface area contributed by atoms with Crippen molar-refractivity contribution in [2.45, 2.75) is 19.9 Å². The molecule has 0 atom stereocenters. The first-order valence-corrected chi connectivity index (χ1v) is 7.34. The summed E-state index contributed by atoms with van der Waals surface area (Å²) in [5, 5.41) is 2.86. The average Bonchev–Trinajstić information content (AvgIpc) is 2.83. The molecular weight excluding hydrogens is 278 g/mol. The van der Waals surface area contributed by atoms with Gasteiger partial charge in [0.2, 0.25) is 5.91 Å². The van der Waals surface area contributed by atoms with Crippen LogP contribution in [0.1, 0.15) is 11.1 Å². The SMILES string of the molecule is Cc1ccn(CC(=O)Nc2ccc3c(c2)N(C)CC3)c(=O)c1. The molecular formula is C17H19N3O2. The van der Waals surface area contributed by atoms with Crippen molar-refractivity contribution < 1.29 is 4.79 Å². The van der Waals surface area contributed by atoms with Crippen molar-refractivity contribution in [2.75, 3.05) is 23.8 Å². The number of anilines is 2. The third kappa shape index (κ3) is 2.88. The Hall–Kier alpha value is -2.56. The summed E-state index contributed by atoms with van der Waals surface area (Å²) < 4.78 is 1.40. The number of likely N-dealkylation sites (N-methyl/N-ethyl adjacent to an activating group) is 1. The molecule has 0 aliphatic carbocycles. The van der Waals surface area contributed by atoms with Gasteiger partial charge in [-0.15, -0.1) is 0 Å². The summed E-state index contributed by atoms with van der Waals surface area (Å²) in [4.78, 5) is 26.1. The van der Waals surface area contributed by atoms with Crippen LogP contribution in [0.5, 0.6) is 0 Å². The number of fused-ring (bicyclic) bond motifs is 1. The summed E-state index contributed by atoms with van der Waals surface area (Å²) in [6.07, 6.45) is 2.69. The second-order valence-electron chi connectivity index (χ2n) is 5.73. The molecule has 3 rings (SSSR count). The van der Waals surface area contributed by atoms with Crippen LogP contribution < -0.4 is 15.8 Å². The van der Waals surface area contributed by atoms with Crippen LogP contribution in [-0.2, 0) is 17.8 Å². The van der Waals surface area contributed by atoms with Crippen molar-refractivity contribution in [1.82, 2.24) is 4.57 Å².